The molecule has 5 heteroatoms. The van der Waals surface area contributed by atoms with Gasteiger partial charge >= 0.3 is 0 Å². The molecule has 0 unspecified atom stereocenters. The van der Waals surface area contributed by atoms with Gasteiger partial charge in [-0.25, -0.2) is 0 Å². The van der Waals surface area contributed by atoms with Crippen molar-refractivity contribution >= 4 is 23.0 Å². The number of nitrogens with zero attached hydrogens (tertiary/aromatic N) is 2. The van der Waals surface area contributed by atoms with E-state index in [0.29, 0.717) is 5.11 Å². The van der Waals surface area contributed by atoms with Crippen molar-refractivity contribution < 1.29 is 4.74 Å². The Kier molecular flexibility index (Phi) is 4.66. The average molecular weight is 263 g/mol. The van der Waals surface area contributed by atoms with Gasteiger partial charge < -0.3 is 9.64 Å². The van der Waals surface area contributed by atoms with Gasteiger partial charge in [0.05, 0.1) is 18.9 Å². The molecule has 1 aromatic rings. The zero-order valence-corrected chi connectivity index (χ0v) is 11.2. The van der Waals surface area contributed by atoms with Crippen molar-refractivity contribution in [2.45, 2.75) is 6.92 Å². The molecular formula is C13H17N3OS. The smallest absolute Gasteiger partial charge is 0.189 e. The number of hydrogen-bond donors (Lipinski definition) is 1. The van der Waals surface area contributed by atoms with Gasteiger partial charge in [-0.15, -0.1) is 0 Å². The van der Waals surface area contributed by atoms with Gasteiger partial charge in [-0.3, -0.25) is 5.43 Å². The number of morpholine rings is 1. The number of ether oxygens (including phenoxy) is 1. The lowest BCUT2D eigenvalue weighted by molar-refractivity contribution is 0.0677. The van der Waals surface area contributed by atoms with E-state index in [-0.39, 0.29) is 0 Å². The van der Waals surface area contributed by atoms with E-state index in [0.717, 1.165) is 37.6 Å². The SMILES string of the molecule is C/C(=N\NC(=S)N1CCOCC1)c1ccccc1. The first kappa shape index (κ1) is 13.0. The molecule has 0 bridgehead atoms. The first-order chi connectivity index (χ1) is 8.77. The molecule has 1 N–H and O–H groups in total. The van der Waals surface area contributed by atoms with E-state index >= 15 is 0 Å². The summed E-state index contributed by atoms with van der Waals surface area (Å²) < 4.78 is 5.28. The van der Waals surface area contributed by atoms with Crippen molar-refractivity contribution in [1.29, 1.82) is 0 Å². The van der Waals surface area contributed by atoms with Crippen LogP contribution in [0, 0.1) is 0 Å². The third-order valence-electron chi connectivity index (χ3n) is 2.81. The van der Waals surface area contributed by atoms with E-state index in [4.69, 9.17) is 17.0 Å². The van der Waals surface area contributed by atoms with Crippen LogP contribution in [-0.2, 0) is 4.74 Å². The van der Waals surface area contributed by atoms with Crippen LogP contribution in [0.4, 0.5) is 0 Å². The third kappa shape index (κ3) is 3.51. The molecule has 0 aliphatic carbocycles. The Morgan fingerprint density at radius 3 is 2.61 bits per heavy atom. The molecule has 0 saturated carbocycles. The minimum absolute atomic E-state index is 0.661. The van der Waals surface area contributed by atoms with E-state index in [1.54, 1.807) is 0 Å². The van der Waals surface area contributed by atoms with Gasteiger partial charge in [-0.2, -0.15) is 5.10 Å². The zero-order valence-electron chi connectivity index (χ0n) is 10.4. The summed E-state index contributed by atoms with van der Waals surface area (Å²) in [7, 11) is 0. The lowest BCUT2D eigenvalue weighted by Crippen LogP contribution is -2.44. The molecule has 0 aromatic heterocycles. The number of thiocarbonyl (C=S) groups is 1. The van der Waals surface area contributed by atoms with E-state index < -0.39 is 0 Å². The molecule has 1 heterocycles. The summed E-state index contributed by atoms with van der Waals surface area (Å²) in [4.78, 5) is 2.07. The van der Waals surface area contributed by atoms with Gasteiger partial charge in [0, 0.05) is 13.1 Å². The molecule has 2 rings (SSSR count). The Morgan fingerprint density at radius 1 is 1.28 bits per heavy atom. The highest BCUT2D eigenvalue weighted by Gasteiger charge is 2.12. The monoisotopic (exact) mass is 263 g/mol. The van der Waals surface area contributed by atoms with Crippen LogP contribution >= 0.6 is 12.2 Å². The van der Waals surface area contributed by atoms with Crippen molar-refractivity contribution in [3.05, 3.63) is 35.9 Å². The number of benzene rings is 1. The molecule has 1 saturated heterocycles. The summed E-state index contributed by atoms with van der Waals surface area (Å²) in [5.41, 5.74) is 4.96. The fraction of sp³-hybridized carbons (Fsp3) is 0.385. The second-order valence-electron chi connectivity index (χ2n) is 4.08. The molecular weight excluding hydrogens is 246 g/mol. The Hall–Kier alpha value is -1.46. The van der Waals surface area contributed by atoms with E-state index in [9.17, 15) is 0 Å². The molecule has 1 aliphatic heterocycles. The Labute approximate surface area is 113 Å². The predicted molar refractivity (Wildman–Crippen MR) is 76.8 cm³/mol. The van der Waals surface area contributed by atoms with E-state index in [1.807, 2.05) is 37.3 Å². The molecule has 0 radical (unpaired) electrons. The second kappa shape index (κ2) is 6.47. The van der Waals surface area contributed by atoms with Gasteiger partial charge in [0.1, 0.15) is 0 Å². The molecule has 1 aliphatic rings. The highest BCUT2D eigenvalue weighted by atomic mass is 32.1. The topological polar surface area (TPSA) is 36.9 Å². The zero-order chi connectivity index (χ0) is 12.8. The maximum Gasteiger partial charge on any atom is 0.189 e. The van der Waals surface area contributed by atoms with Crippen molar-refractivity contribution in [1.82, 2.24) is 10.3 Å². The maximum absolute atomic E-state index is 5.29. The standard InChI is InChI=1S/C13H17N3OS/c1-11(12-5-3-2-4-6-12)14-15-13(18)16-7-9-17-10-8-16/h2-6H,7-10H2,1H3,(H,15,18)/b14-11+. The predicted octanol–water partition coefficient (Wildman–Crippen LogP) is 1.62. The van der Waals surface area contributed by atoms with E-state index in [1.165, 1.54) is 0 Å². The first-order valence-corrected chi connectivity index (χ1v) is 6.40. The van der Waals surface area contributed by atoms with Crippen molar-refractivity contribution in [3.8, 4) is 0 Å². The molecule has 96 valence electrons. The summed E-state index contributed by atoms with van der Waals surface area (Å²) in [6.45, 7) is 5.06. The van der Waals surface area contributed by atoms with Crippen molar-refractivity contribution in [3.63, 3.8) is 0 Å². The third-order valence-corrected chi connectivity index (χ3v) is 3.16. The molecule has 0 amide bonds. The Balaban J connectivity index is 1.91. The summed E-state index contributed by atoms with van der Waals surface area (Å²) in [5, 5.41) is 4.97. The maximum atomic E-state index is 5.29. The van der Waals surface area contributed by atoms with Crippen molar-refractivity contribution in [2.75, 3.05) is 26.3 Å². The van der Waals surface area contributed by atoms with Gasteiger partial charge in [-0.05, 0) is 24.7 Å². The Bertz CT molecular complexity index is 427. The van der Waals surface area contributed by atoms with Crippen LogP contribution < -0.4 is 5.43 Å². The quantitative estimate of drug-likeness (QED) is 0.500. The number of hydrazone groups is 1. The molecule has 0 atom stereocenters. The van der Waals surface area contributed by atoms with Crippen LogP contribution in [0.1, 0.15) is 12.5 Å². The highest BCUT2D eigenvalue weighted by Crippen LogP contribution is 2.01. The molecule has 0 spiro atoms. The second-order valence-corrected chi connectivity index (χ2v) is 4.47. The van der Waals surface area contributed by atoms with Crippen LogP contribution in [0.3, 0.4) is 0 Å². The molecule has 1 aromatic carbocycles. The van der Waals surface area contributed by atoms with Crippen LogP contribution in [-0.4, -0.2) is 42.0 Å². The fourth-order valence-corrected chi connectivity index (χ4v) is 1.94. The van der Waals surface area contributed by atoms with Crippen molar-refractivity contribution in [2.24, 2.45) is 5.10 Å². The van der Waals surface area contributed by atoms with Crippen LogP contribution in [0.5, 0.6) is 0 Å². The Morgan fingerprint density at radius 2 is 1.94 bits per heavy atom. The van der Waals surface area contributed by atoms with Crippen LogP contribution in [0.2, 0.25) is 0 Å². The minimum Gasteiger partial charge on any atom is -0.378 e. The summed E-state index contributed by atoms with van der Waals surface area (Å²) in [5.74, 6) is 0. The normalized spacial score (nSPS) is 16.5. The first-order valence-electron chi connectivity index (χ1n) is 6.00. The number of rotatable bonds is 2. The highest BCUT2D eigenvalue weighted by molar-refractivity contribution is 7.80. The summed E-state index contributed by atoms with van der Waals surface area (Å²) >= 11 is 5.29. The van der Waals surface area contributed by atoms with E-state index in [2.05, 4.69) is 15.4 Å². The van der Waals surface area contributed by atoms with Crippen LogP contribution in [0.25, 0.3) is 0 Å². The van der Waals surface area contributed by atoms with Crippen LogP contribution in [0.15, 0.2) is 35.4 Å². The fourth-order valence-electron chi connectivity index (χ4n) is 1.71. The summed E-state index contributed by atoms with van der Waals surface area (Å²) in [6.07, 6.45) is 0. The largest absolute Gasteiger partial charge is 0.378 e. The number of hydrogen-bond acceptors (Lipinski definition) is 3. The summed E-state index contributed by atoms with van der Waals surface area (Å²) in [6, 6.07) is 10.0. The van der Waals surface area contributed by atoms with Gasteiger partial charge in [0.25, 0.3) is 0 Å². The lowest BCUT2D eigenvalue weighted by Gasteiger charge is -2.28. The lowest BCUT2D eigenvalue weighted by atomic mass is 10.1. The van der Waals surface area contributed by atoms with Gasteiger partial charge in [0.2, 0.25) is 0 Å². The van der Waals surface area contributed by atoms with Gasteiger partial charge in [0.15, 0.2) is 5.11 Å². The minimum atomic E-state index is 0.661. The van der Waals surface area contributed by atoms with Gasteiger partial charge in [-0.1, -0.05) is 30.3 Å². The molecule has 1 fully saturated rings. The molecule has 4 nitrogen and oxygen atoms in total. The average Bonchev–Trinajstić information content (AvgIpc) is 2.46. The number of nitrogens with one attached hydrogen (secondary N) is 1. The molecule has 18 heavy (non-hydrogen) atoms.